The van der Waals surface area contributed by atoms with E-state index < -0.39 is 0 Å². The summed E-state index contributed by atoms with van der Waals surface area (Å²) in [6.45, 7) is 3.12. The Morgan fingerprint density at radius 2 is 1.88 bits per heavy atom. The highest BCUT2D eigenvalue weighted by Gasteiger charge is 2.16. The molecular formula is C18H16ClN3O2. The Hall–Kier alpha value is -2.84. The zero-order valence-corrected chi connectivity index (χ0v) is 14.1. The van der Waals surface area contributed by atoms with E-state index in [9.17, 15) is 9.59 Å². The fourth-order valence-electron chi connectivity index (χ4n) is 2.12. The van der Waals surface area contributed by atoms with E-state index in [1.807, 2.05) is 13.0 Å². The first-order chi connectivity index (χ1) is 11.4. The normalized spacial score (nSPS) is 9.92. The molecule has 6 heteroatoms. The SMILES string of the molecule is CC(=O)N(CC(=O)Nc1ccc(C)c(Cl)c1)c1ccc(C#N)cc1. The number of hydrogen-bond acceptors (Lipinski definition) is 3. The Balaban J connectivity index is 2.12. The minimum absolute atomic E-state index is 0.132. The molecule has 0 spiro atoms. The van der Waals surface area contributed by atoms with E-state index in [1.54, 1.807) is 42.5 Å². The number of amides is 2. The van der Waals surface area contributed by atoms with Crippen LogP contribution < -0.4 is 10.2 Å². The molecule has 2 aromatic carbocycles. The van der Waals surface area contributed by atoms with E-state index in [1.165, 1.54) is 11.8 Å². The van der Waals surface area contributed by atoms with Crippen LogP contribution in [-0.2, 0) is 9.59 Å². The molecule has 0 atom stereocenters. The summed E-state index contributed by atoms with van der Waals surface area (Å²) in [5.74, 6) is -0.605. The summed E-state index contributed by atoms with van der Waals surface area (Å²) in [5.41, 5.74) is 2.52. The molecule has 0 aromatic heterocycles. The maximum atomic E-state index is 12.2. The molecule has 24 heavy (non-hydrogen) atoms. The molecule has 1 N–H and O–H groups in total. The third-order valence-electron chi connectivity index (χ3n) is 3.45. The molecule has 0 radical (unpaired) electrons. The fraction of sp³-hybridized carbons (Fsp3) is 0.167. The zero-order chi connectivity index (χ0) is 17.7. The van der Waals surface area contributed by atoms with Crippen LogP contribution in [0.25, 0.3) is 0 Å². The van der Waals surface area contributed by atoms with Crippen LogP contribution in [0.15, 0.2) is 42.5 Å². The van der Waals surface area contributed by atoms with E-state index in [2.05, 4.69) is 5.32 Å². The van der Waals surface area contributed by atoms with Crippen molar-refractivity contribution in [3.05, 3.63) is 58.6 Å². The number of nitrogens with zero attached hydrogens (tertiary/aromatic N) is 2. The van der Waals surface area contributed by atoms with Crippen LogP contribution in [0, 0.1) is 18.3 Å². The van der Waals surface area contributed by atoms with Crippen LogP contribution in [0.2, 0.25) is 5.02 Å². The number of carbonyl (C=O) groups is 2. The summed E-state index contributed by atoms with van der Waals surface area (Å²) < 4.78 is 0. The third kappa shape index (κ3) is 4.34. The fourth-order valence-corrected chi connectivity index (χ4v) is 2.30. The van der Waals surface area contributed by atoms with Gasteiger partial charge in [-0.15, -0.1) is 0 Å². The first-order valence-electron chi connectivity index (χ1n) is 7.25. The van der Waals surface area contributed by atoms with Gasteiger partial charge in [0.1, 0.15) is 6.54 Å². The molecule has 0 aliphatic heterocycles. The lowest BCUT2D eigenvalue weighted by molar-refractivity contribution is -0.120. The molecule has 2 aromatic rings. The number of carbonyl (C=O) groups excluding carboxylic acids is 2. The van der Waals surface area contributed by atoms with Gasteiger partial charge in [0.2, 0.25) is 11.8 Å². The average Bonchev–Trinajstić information content (AvgIpc) is 2.56. The van der Waals surface area contributed by atoms with Crippen molar-refractivity contribution in [2.45, 2.75) is 13.8 Å². The number of halogens is 1. The monoisotopic (exact) mass is 341 g/mol. The van der Waals surface area contributed by atoms with Crippen molar-refractivity contribution in [2.75, 3.05) is 16.8 Å². The molecule has 0 aliphatic rings. The third-order valence-corrected chi connectivity index (χ3v) is 3.85. The topological polar surface area (TPSA) is 73.2 Å². The number of benzene rings is 2. The Bertz CT molecular complexity index is 810. The van der Waals surface area contributed by atoms with E-state index in [0.717, 1.165) is 5.56 Å². The van der Waals surface area contributed by atoms with Gasteiger partial charge in [-0.05, 0) is 48.9 Å². The van der Waals surface area contributed by atoms with Crippen molar-refractivity contribution >= 4 is 34.8 Å². The highest BCUT2D eigenvalue weighted by Crippen LogP contribution is 2.20. The van der Waals surface area contributed by atoms with Crippen molar-refractivity contribution in [3.63, 3.8) is 0 Å². The van der Waals surface area contributed by atoms with Crippen molar-refractivity contribution in [1.29, 1.82) is 5.26 Å². The molecule has 2 rings (SSSR count). The van der Waals surface area contributed by atoms with E-state index in [0.29, 0.717) is 22.0 Å². The lowest BCUT2D eigenvalue weighted by Crippen LogP contribution is -2.36. The van der Waals surface area contributed by atoms with Crippen molar-refractivity contribution < 1.29 is 9.59 Å². The molecule has 0 fully saturated rings. The Morgan fingerprint density at radius 1 is 1.21 bits per heavy atom. The second-order valence-electron chi connectivity index (χ2n) is 5.28. The van der Waals surface area contributed by atoms with Crippen molar-refractivity contribution in [2.24, 2.45) is 0 Å². The second-order valence-corrected chi connectivity index (χ2v) is 5.68. The molecule has 0 heterocycles. The van der Waals surface area contributed by atoms with Crippen molar-refractivity contribution in [3.8, 4) is 6.07 Å². The minimum atomic E-state index is -0.338. The van der Waals surface area contributed by atoms with Gasteiger partial charge >= 0.3 is 0 Å². The van der Waals surface area contributed by atoms with Crippen LogP contribution in [0.3, 0.4) is 0 Å². The zero-order valence-electron chi connectivity index (χ0n) is 13.3. The van der Waals surface area contributed by atoms with E-state index >= 15 is 0 Å². The summed E-state index contributed by atoms with van der Waals surface area (Å²) in [6, 6.07) is 13.7. The predicted molar refractivity (Wildman–Crippen MR) is 94.0 cm³/mol. The van der Waals surface area contributed by atoms with Crippen LogP contribution in [0.1, 0.15) is 18.1 Å². The molecule has 122 valence electrons. The molecule has 5 nitrogen and oxygen atoms in total. The Kier molecular flexibility index (Phi) is 5.56. The highest BCUT2D eigenvalue weighted by molar-refractivity contribution is 6.31. The highest BCUT2D eigenvalue weighted by atomic mass is 35.5. The summed E-state index contributed by atoms with van der Waals surface area (Å²) in [5, 5.41) is 12.1. The van der Waals surface area contributed by atoms with E-state index in [-0.39, 0.29) is 18.4 Å². The molecule has 0 saturated carbocycles. The summed E-state index contributed by atoms with van der Waals surface area (Å²) in [4.78, 5) is 25.4. The summed E-state index contributed by atoms with van der Waals surface area (Å²) in [6.07, 6.45) is 0. The molecule has 0 saturated heterocycles. The second kappa shape index (κ2) is 7.62. The van der Waals surface area contributed by atoms with Gasteiger partial charge in [0.05, 0.1) is 11.6 Å². The number of rotatable bonds is 4. The minimum Gasteiger partial charge on any atom is -0.324 e. The van der Waals surface area contributed by atoms with Gasteiger partial charge in [-0.25, -0.2) is 0 Å². The molecule has 0 unspecified atom stereocenters. The Labute approximate surface area is 145 Å². The van der Waals surface area contributed by atoms with Crippen LogP contribution in [0.4, 0.5) is 11.4 Å². The van der Waals surface area contributed by atoms with Gasteiger partial charge in [-0.2, -0.15) is 5.26 Å². The van der Waals surface area contributed by atoms with Crippen LogP contribution >= 0.6 is 11.6 Å². The van der Waals surface area contributed by atoms with Gasteiger partial charge in [-0.1, -0.05) is 17.7 Å². The summed E-state index contributed by atoms with van der Waals surface area (Å²) >= 11 is 6.04. The molecule has 0 aliphatic carbocycles. The van der Waals surface area contributed by atoms with Gasteiger partial charge in [0, 0.05) is 23.3 Å². The lowest BCUT2D eigenvalue weighted by atomic mass is 10.2. The molecule has 2 amide bonds. The summed E-state index contributed by atoms with van der Waals surface area (Å²) in [7, 11) is 0. The maximum Gasteiger partial charge on any atom is 0.244 e. The van der Waals surface area contributed by atoms with Gasteiger partial charge in [0.25, 0.3) is 0 Å². The maximum absolute atomic E-state index is 12.2. The predicted octanol–water partition coefficient (Wildman–Crippen LogP) is 3.51. The first-order valence-corrected chi connectivity index (χ1v) is 7.63. The average molecular weight is 342 g/mol. The largest absolute Gasteiger partial charge is 0.324 e. The lowest BCUT2D eigenvalue weighted by Gasteiger charge is -2.20. The number of nitriles is 1. The van der Waals surface area contributed by atoms with Crippen molar-refractivity contribution in [1.82, 2.24) is 0 Å². The van der Waals surface area contributed by atoms with Gasteiger partial charge in [-0.3, -0.25) is 9.59 Å². The number of nitrogens with one attached hydrogen (secondary N) is 1. The van der Waals surface area contributed by atoms with E-state index in [4.69, 9.17) is 16.9 Å². The molecule has 0 bridgehead atoms. The number of aryl methyl sites for hydroxylation is 1. The van der Waals surface area contributed by atoms with Crippen LogP contribution in [-0.4, -0.2) is 18.4 Å². The quantitative estimate of drug-likeness (QED) is 0.924. The standard InChI is InChI=1S/C18H16ClN3O2/c1-12-3-6-15(9-17(12)19)21-18(24)11-22(13(2)23)16-7-4-14(10-20)5-8-16/h3-9H,11H2,1-2H3,(H,21,24). The molecular weight excluding hydrogens is 326 g/mol. The number of anilines is 2. The van der Waals surface area contributed by atoms with Gasteiger partial charge in [0.15, 0.2) is 0 Å². The van der Waals surface area contributed by atoms with Gasteiger partial charge < -0.3 is 10.2 Å². The van der Waals surface area contributed by atoms with Crippen LogP contribution in [0.5, 0.6) is 0 Å². The smallest absolute Gasteiger partial charge is 0.244 e. The number of hydrogen-bond donors (Lipinski definition) is 1. The first kappa shape index (κ1) is 17.5. The Morgan fingerprint density at radius 3 is 2.42 bits per heavy atom.